The van der Waals surface area contributed by atoms with Gasteiger partial charge in [-0.25, -0.2) is 0 Å². The van der Waals surface area contributed by atoms with E-state index in [2.05, 4.69) is 82.0 Å². The van der Waals surface area contributed by atoms with Gasteiger partial charge in [-0.15, -0.1) is 0 Å². The van der Waals surface area contributed by atoms with Gasteiger partial charge in [0.15, 0.2) is 0 Å². The Bertz CT molecular complexity index is 607. The van der Waals surface area contributed by atoms with Gasteiger partial charge in [0.1, 0.15) is 0 Å². The van der Waals surface area contributed by atoms with E-state index in [1.54, 1.807) is 0 Å². The second kappa shape index (κ2) is 8.92. The fraction of sp³-hybridized carbons (Fsp3) is 0.478. The SMILES string of the molecule is CCCC[C@H](CC)CN(c1ccccc1)c1c(C)cc(C)cc1C. The molecule has 0 bridgehead atoms. The van der Waals surface area contributed by atoms with Crippen molar-refractivity contribution in [2.24, 2.45) is 5.92 Å². The van der Waals surface area contributed by atoms with E-state index in [1.807, 2.05) is 0 Å². The summed E-state index contributed by atoms with van der Waals surface area (Å²) in [5.41, 5.74) is 6.80. The zero-order chi connectivity index (χ0) is 17.5. The fourth-order valence-electron chi connectivity index (χ4n) is 3.71. The zero-order valence-electron chi connectivity index (χ0n) is 16.1. The first-order valence-electron chi connectivity index (χ1n) is 9.47. The predicted octanol–water partition coefficient (Wildman–Crippen LogP) is 6.97. The van der Waals surface area contributed by atoms with Crippen molar-refractivity contribution in [2.75, 3.05) is 11.4 Å². The first kappa shape index (κ1) is 18.6. The van der Waals surface area contributed by atoms with Crippen LogP contribution in [0.5, 0.6) is 0 Å². The van der Waals surface area contributed by atoms with Crippen molar-refractivity contribution >= 4 is 11.4 Å². The van der Waals surface area contributed by atoms with Crippen molar-refractivity contribution in [2.45, 2.75) is 60.3 Å². The Morgan fingerprint density at radius 3 is 2.08 bits per heavy atom. The molecule has 0 aromatic heterocycles. The maximum Gasteiger partial charge on any atom is 0.0470 e. The highest BCUT2D eigenvalue weighted by atomic mass is 15.1. The van der Waals surface area contributed by atoms with Gasteiger partial charge in [0.25, 0.3) is 0 Å². The second-order valence-corrected chi connectivity index (χ2v) is 7.11. The van der Waals surface area contributed by atoms with Crippen LogP contribution in [0.1, 0.15) is 56.2 Å². The molecule has 0 radical (unpaired) electrons. The number of rotatable bonds is 8. The molecule has 0 amide bonds. The van der Waals surface area contributed by atoms with Crippen molar-refractivity contribution in [3.63, 3.8) is 0 Å². The predicted molar refractivity (Wildman–Crippen MR) is 107 cm³/mol. The second-order valence-electron chi connectivity index (χ2n) is 7.11. The number of hydrogen-bond acceptors (Lipinski definition) is 1. The molecule has 1 atom stereocenters. The highest BCUT2D eigenvalue weighted by molar-refractivity contribution is 5.70. The minimum Gasteiger partial charge on any atom is -0.341 e. The summed E-state index contributed by atoms with van der Waals surface area (Å²) in [4.78, 5) is 2.55. The summed E-state index contributed by atoms with van der Waals surface area (Å²) in [6.07, 6.45) is 5.17. The van der Waals surface area contributed by atoms with Crippen LogP contribution in [-0.4, -0.2) is 6.54 Å². The van der Waals surface area contributed by atoms with Gasteiger partial charge in [-0.2, -0.15) is 0 Å². The number of anilines is 2. The van der Waals surface area contributed by atoms with Gasteiger partial charge >= 0.3 is 0 Å². The number of nitrogens with zero attached hydrogens (tertiary/aromatic N) is 1. The van der Waals surface area contributed by atoms with Crippen molar-refractivity contribution in [3.8, 4) is 0 Å². The van der Waals surface area contributed by atoms with Crippen molar-refractivity contribution in [1.82, 2.24) is 0 Å². The lowest BCUT2D eigenvalue weighted by Crippen LogP contribution is -2.26. The van der Waals surface area contributed by atoms with Crippen molar-refractivity contribution < 1.29 is 0 Å². The van der Waals surface area contributed by atoms with Crippen LogP contribution in [0.4, 0.5) is 11.4 Å². The van der Waals surface area contributed by atoms with E-state index in [-0.39, 0.29) is 0 Å². The van der Waals surface area contributed by atoms with Crippen LogP contribution in [0, 0.1) is 26.7 Å². The molecule has 130 valence electrons. The molecule has 24 heavy (non-hydrogen) atoms. The third kappa shape index (κ3) is 4.63. The molecule has 0 aliphatic rings. The number of hydrogen-bond donors (Lipinski definition) is 0. The Balaban J connectivity index is 2.41. The summed E-state index contributed by atoms with van der Waals surface area (Å²) in [5.74, 6) is 0.741. The molecule has 1 nitrogen and oxygen atoms in total. The van der Waals surface area contributed by atoms with Gasteiger partial charge in [0, 0.05) is 17.9 Å². The minimum absolute atomic E-state index is 0.741. The molecular formula is C23H33N. The largest absolute Gasteiger partial charge is 0.341 e. The van der Waals surface area contributed by atoms with Crippen LogP contribution in [0.3, 0.4) is 0 Å². The highest BCUT2D eigenvalue weighted by Gasteiger charge is 2.18. The Labute approximate surface area is 148 Å². The van der Waals surface area contributed by atoms with Crippen LogP contribution in [0.25, 0.3) is 0 Å². The van der Waals surface area contributed by atoms with E-state index < -0.39 is 0 Å². The smallest absolute Gasteiger partial charge is 0.0470 e. The summed E-state index contributed by atoms with van der Waals surface area (Å²) >= 11 is 0. The van der Waals surface area contributed by atoms with Gasteiger partial charge in [-0.3, -0.25) is 0 Å². The molecule has 0 N–H and O–H groups in total. The van der Waals surface area contributed by atoms with Crippen LogP contribution >= 0.6 is 0 Å². The molecular weight excluding hydrogens is 290 g/mol. The van der Waals surface area contributed by atoms with E-state index in [0.717, 1.165) is 12.5 Å². The summed E-state index contributed by atoms with van der Waals surface area (Å²) in [6, 6.07) is 15.5. The Morgan fingerprint density at radius 1 is 0.917 bits per heavy atom. The molecule has 1 heteroatoms. The molecule has 0 fully saturated rings. The molecule has 0 aliphatic carbocycles. The lowest BCUT2D eigenvalue weighted by Gasteiger charge is -2.32. The van der Waals surface area contributed by atoms with E-state index in [4.69, 9.17) is 0 Å². The van der Waals surface area contributed by atoms with E-state index in [0.29, 0.717) is 0 Å². The van der Waals surface area contributed by atoms with Crippen molar-refractivity contribution in [3.05, 3.63) is 59.2 Å². The van der Waals surface area contributed by atoms with Gasteiger partial charge in [-0.05, 0) is 56.4 Å². The lowest BCUT2D eigenvalue weighted by molar-refractivity contribution is 0.458. The lowest BCUT2D eigenvalue weighted by atomic mass is 9.96. The van der Waals surface area contributed by atoms with Crippen LogP contribution in [-0.2, 0) is 0 Å². The van der Waals surface area contributed by atoms with E-state index in [1.165, 1.54) is 53.7 Å². The molecule has 2 aromatic rings. The summed E-state index contributed by atoms with van der Waals surface area (Å²) < 4.78 is 0. The zero-order valence-corrected chi connectivity index (χ0v) is 16.1. The van der Waals surface area contributed by atoms with Crippen LogP contribution in [0.2, 0.25) is 0 Å². The topological polar surface area (TPSA) is 3.24 Å². The van der Waals surface area contributed by atoms with Crippen LogP contribution in [0.15, 0.2) is 42.5 Å². The maximum atomic E-state index is 2.55. The number of benzene rings is 2. The molecule has 0 spiro atoms. The van der Waals surface area contributed by atoms with Gasteiger partial charge in [0.05, 0.1) is 0 Å². The average molecular weight is 324 g/mol. The molecule has 2 aromatic carbocycles. The number of aryl methyl sites for hydroxylation is 3. The quantitative estimate of drug-likeness (QED) is 0.507. The highest BCUT2D eigenvalue weighted by Crippen LogP contribution is 2.34. The third-order valence-corrected chi connectivity index (χ3v) is 4.96. The summed E-state index contributed by atoms with van der Waals surface area (Å²) in [7, 11) is 0. The molecule has 0 aliphatic heterocycles. The van der Waals surface area contributed by atoms with Crippen LogP contribution < -0.4 is 4.90 Å². The summed E-state index contributed by atoms with van der Waals surface area (Å²) in [5, 5.41) is 0. The fourth-order valence-corrected chi connectivity index (χ4v) is 3.71. The summed E-state index contributed by atoms with van der Waals surface area (Å²) in [6.45, 7) is 12.4. The number of unbranched alkanes of at least 4 members (excludes halogenated alkanes) is 1. The van der Waals surface area contributed by atoms with E-state index in [9.17, 15) is 0 Å². The molecule has 0 saturated carbocycles. The minimum atomic E-state index is 0.741. The Morgan fingerprint density at radius 2 is 1.54 bits per heavy atom. The first-order valence-corrected chi connectivity index (χ1v) is 9.47. The van der Waals surface area contributed by atoms with Gasteiger partial charge < -0.3 is 4.90 Å². The number of para-hydroxylation sites is 1. The van der Waals surface area contributed by atoms with Crippen molar-refractivity contribution in [1.29, 1.82) is 0 Å². The Kier molecular flexibility index (Phi) is 6.90. The van der Waals surface area contributed by atoms with E-state index >= 15 is 0 Å². The standard InChI is InChI=1S/C23H33N/c1-6-8-12-21(7-2)17-24(22-13-10-9-11-14-22)23-19(4)15-18(3)16-20(23)5/h9-11,13-16,21H,6-8,12,17H2,1-5H3/t21-/m0/s1. The molecule has 2 rings (SSSR count). The first-order chi connectivity index (χ1) is 11.6. The molecule has 0 heterocycles. The third-order valence-electron chi connectivity index (χ3n) is 4.96. The monoisotopic (exact) mass is 323 g/mol. The normalized spacial score (nSPS) is 12.2. The maximum absolute atomic E-state index is 2.55. The molecule has 0 unspecified atom stereocenters. The average Bonchev–Trinajstić information content (AvgIpc) is 2.57. The van der Waals surface area contributed by atoms with Gasteiger partial charge in [-0.1, -0.05) is 69.0 Å². The Hall–Kier alpha value is -1.76. The van der Waals surface area contributed by atoms with Gasteiger partial charge in [0.2, 0.25) is 0 Å². The molecule has 0 saturated heterocycles.